The molecule has 0 heterocycles. The maximum atomic E-state index is 14.3. The average molecular weight is 399 g/mol. The summed E-state index contributed by atoms with van der Waals surface area (Å²) in [4.78, 5) is 13.0. The van der Waals surface area contributed by atoms with Crippen molar-refractivity contribution in [3.63, 3.8) is 0 Å². The number of hydrogen-bond donors (Lipinski definition) is 0. The maximum Gasteiger partial charge on any atom is 0.264 e. The van der Waals surface area contributed by atoms with Crippen molar-refractivity contribution in [1.82, 2.24) is 4.90 Å². The third kappa shape index (κ3) is 3.76. The van der Waals surface area contributed by atoms with E-state index in [1.54, 1.807) is 7.05 Å². The number of rotatable bonds is 4. The first kappa shape index (κ1) is 16.7. The second-order valence-electron chi connectivity index (χ2n) is 5.19. The van der Waals surface area contributed by atoms with Crippen LogP contribution in [0, 0.1) is 11.7 Å². The zero-order valence-electron chi connectivity index (χ0n) is 11.3. The van der Waals surface area contributed by atoms with Crippen molar-refractivity contribution in [2.24, 2.45) is 5.92 Å². The summed E-state index contributed by atoms with van der Waals surface area (Å²) in [7, 11) is 2.52. The number of halogens is 3. The molecule has 21 heavy (non-hydrogen) atoms. The minimum Gasteiger partial charge on any atom is -0.341 e. The number of carbonyl (C=O) groups excluding carboxylic acids is 1. The molecule has 0 aliphatic heterocycles. The molecule has 0 spiro atoms. The van der Waals surface area contributed by atoms with Crippen molar-refractivity contribution in [3.05, 3.63) is 28.0 Å². The van der Waals surface area contributed by atoms with Crippen LogP contribution in [0.25, 0.3) is 0 Å². The van der Waals surface area contributed by atoms with Gasteiger partial charge < -0.3 is 4.90 Å². The molecule has 116 valence electrons. The summed E-state index contributed by atoms with van der Waals surface area (Å²) in [6.07, 6.45) is 3.26. The summed E-state index contributed by atoms with van der Waals surface area (Å²) in [5.74, 6) is -1.23. The monoisotopic (exact) mass is 397 g/mol. The fourth-order valence-corrected chi connectivity index (χ4v) is 3.79. The van der Waals surface area contributed by atoms with E-state index in [0.29, 0.717) is 12.5 Å². The van der Waals surface area contributed by atoms with Crippen molar-refractivity contribution < 1.29 is 17.6 Å². The van der Waals surface area contributed by atoms with E-state index in [-0.39, 0.29) is 10.0 Å². The van der Waals surface area contributed by atoms with Crippen LogP contribution in [0.2, 0.25) is 0 Å². The highest BCUT2D eigenvalue weighted by Gasteiger charge is 2.27. The van der Waals surface area contributed by atoms with Gasteiger partial charge in [-0.2, -0.15) is 0 Å². The normalized spacial score (nSPS) is 15.6. The molecule has 0 radical (unpaired) electrons. The molecule has 1 aliphatic carbocycles. The molecule has 1 saturated carbocycles. The van der Waals surface area contributed by atoms with Crippen LogP contribution < -0.4 is 0 Å². The lowest BCUT2D eigenvalue weighted by molar-refractivity contribution is 0.0740. The Bertz CT molecular complexity index is 676. The Labute approximate surface area is 135 Å². The van der Waals surface area contributed by atoms with E-state index < -0.39 is 25.7 Å². The molecular formula is C13H14BrClFNO3S. The Kier molecular flexibility index (Phi) is 4.95. The summed E-state index contributed by atoms with van der Waals surface area (Å²) in [6, 6.07) is 2.31. The second-order valence-corrected chi connectivity index (χ2v) is 8.64. The number of hydrogen-bond acceptors (Lipinski definition) is 3. The molecule has 1 amide bonds. The van der Waals surface area contributed by atoms with Gasteiger partial charge >= 0.3 is 0 Å². The standard InChI is InChI=1S/C13H14BrClFNO3S/c1-17(7-8-3-2-4-8)13(18)10-5-9(14)6-11(12(10)16)21(15,19)20/h5-6,8H,2-4,7H2,1H3. The molecule has 0 bridgehead atoms. The van der Waals surface area contributed by atoms with Crippen LogP contribution in [0.5, 0.6) is 0 Å². The third-order valence-electron chi connectivity index (χ3n) is 3.60. The first-order valence-electron chi connectivity index (χ1n) is 6.39. The van der Waals surface area contributed by atoms with Gasteiger partial charge in [0.05, 0.1) is 5.56 Å². The van der Waals surface area contributed by atoms with Crippen LogP contribution in [0.4, 0.5) is 4.39 Å². The van der Waals surface area contributed by atoms with Crippen molar-refractivity contribution >= 4 is 41.6 Å². The highest BCUT2D eigenvalue weighted by molar-refractivity contribution is 9.10. The highest BCUT2D eigenvalue weighted by atomic mass is 79.9. The van der Waals surface area contributed by atoms with Gasteiger partial charge in [-0.3, -0.25) is 4.79 Å². The van der Waals surface area contributed by atoms with Crippen LogP contribution in [-0.4, -0.2) is 32.8 Å². The van der Waals surface area contributed by atoms with Crippen molar-refractivity contribution in [1.29, 1.82) is 0 Å². The summed E-state index contributed by atoms with van der Waals surface area (Å²) in [6.45, 7) is 0.535. The van der Waals surface area contributed by atoms with E-state index in [1.165, 1.54) is 11.0 Å². The Morgan fingerprint density at radius 2 is 2.10 bits per heavy atom. The molecule has 1 aromatic carbocycles. The van der Waals surface area contributed by atoms with Crippen molar-refractivity contribution in [3.8, 4) is 0 Å². The molecule has 1 fully saturated rings. The van der Waals surface area contributed by atoms with Crippen molar-refractivity contribution in [2.45, 2.75) is 24.2 Å². The molecule has 0 unspecified atom stereocenters. The fourth-order valence-electron chi connectivity index (χ4n) is 2.25. The minimum atomic E-state index is -4.26. The van der Waals surface area contributed by atoms with Gasteiger partial charge in [0, 0.05) is 28.7 Å². The smallest absolute Gasteiger partial charge is 0.264 e. The molecule has 4 nitrogen and oxygen atoms in total. The van der Waals surface area contributed by atoms with Crippen LogP contribution >= 0.6 is 26.6 Å². The molecule has 0 aromatic heterocycles. The van der Waals surface area contributed by atoms with E-state index in [1.807, 2.05) is 0 Å². The fraction of sp³-hybridized carbons (Fsp3) is 0.462. The van der Waals surface area contributed by atoms with Crippen LogP contribution in [-0.2, 0) is 9.05 Å². The Morgan fingerprint density at radius 1 is 1.48 bits per heavy atom. The molecule has 0 atom stereocenters. The first-order valence-corrected chi connectivity index (χ1v) is 9.49. The predicted octanol–water partition coefficient (Wildman–Crippen LogP) is 3.39. The summed E-state index contributed by atoms with van der Waals surface area (Å²) >= 11 is 3.07. The van der Waals surface area contributed by atoms with E-state index in [0.717, 1.165) is 25.3 Å². The zero-order chi connectivity index (χ0) is 15.8. The Balaban J connectivity index is 2.34. The summed E-state index contributed by atoms with van der Waals surface area (Å²) in [5, 5.41) is 0. The van der Waals surface area contributed by atoms with Gasteiger partial charge in [0.2, 0.25) is 0 Å². The molecule has 8 heteroatoms. The molecule has 0 saturated heterocycles. The van der Waals surface area contributed by atoms with E-state index in [2.05, 4.69) is 15.9 Å². The lowest BCUT2D eigenvalue weighted by Gasteiger charge is -2.30. The van der Waals surface area contributed by atoms with Crippen molar-refractivity contribution in [2.75, 3.05) is 13.6 Å². The van der Waals surface area contributed by atoms with Gasteiger partial charge in [-0.15, -0.1) is 0 Å². The maximum absolute atomic E-state index is 14.3. The number of nitrogens with zero attached hydrogens (tertiary/aromatic N) is 1. The second kappa shape index (κ2) is 6.22. The van der Waals surface area contributed by atoms with Crippen LogP contribution in [0.15, 0.2) is 21.5 Å². The Morgan fingerprint density at radius 3 is 2.57 bits per heavy atom. The SMILES string of the molecule is CN(CC1CCC1)C(=O)c1cc(Br)cc(S(=O)(=O)Cl)c1F. The largest absolute Gasteiger partial charge is 0.341 e. The molecule has 1 aliphatic rings. The van der Waals surface area contributed by atoms with Gasteiger partial charge in [-0.25, -0.2) is 12.8 Å². The van der Waals surface area contributed by atoms with Gasteiger partial charge in [0.15, 0.2) is 5.82 Å². The number of carbonyl (C=O) groups is 1. The van der Waals surface area contributed by atoms with Crippen LogP contribution in [0.1, 0.15) is 29.6 Å². The van der Waals surface area contributed by atoms with Gasteiger partial charge in [-0.1, -0.05) is 22.4 Å². The summed E-state index contributed by atoms with van der Waals surface area (Å²) in [5.41, 5.74) is -0.301. The predicted molar refractivity (Wildman–Crippen MR) is 81.4 cm³/mol. The summed E-state index contributed by atoms with van der Waals surface area (Å²) < 4.78 is 37.3. The van der Waals surface area contributed by atoms with Crippen LogP contribution in [0.3, 0.4) is 0 Å². The van der Waals surface area contributed by atoms with E-state index in [9.17, 15) is 17.6 Å². The third-order valence-corrected chi connectivity index (χ3v) is 5.38. The van der Waals surface area contributed by atoms with E-state index >= 15 is 0 Å². The minimum absolute atomic E-state index is 0.281. The zero-order valence-corrected chi connectivity index (χ0v) is 14.4. The molecule has 2 rings (SSSR count). The molecular weight excluding hydrogens is 385 g/mol. The molecule has 1 aromatic rings. The number of amides is 1. The topological polar surface area (TPSA) is 54.5 Å². The highest BCUT2D eigenvalue weighted by Crippen LogP contribution is 2.29. The number of benzene rings is 1. The van der Waals surface area contributed by atoms with Gasteiger partial charge in [0.1, 0.15) is 4.90 Å². The van der Waals surface area contributed by atoms with Gasteiger partial charge in [-0.05, 0) is 30.9 Å². The van der Waals surface area contributed by atoms with Gasteiger partial charge in [0.25, 0.3) is 15.0 Å². The first-order chi connectivity index (χ1) is 9.70. The lowest BCUT2D eigenvalue weighted by Crippen LogP contribution is -2.34. The quantitative estimate of drug-likeness (QED) is 0.731. The molecule has 0 N–H and O–H groups in total. The van der Waals surface area contributed by atoms with E-state index in [4.69, 9.17) is 10.7 Å². The Hall–Kier alpha value is -0.660. The average Bonchev–Trinajstić information content (AvgIpc) is 2.33. The lowest BCUT2D eigenvalue weighted by atomic mass is 9.85.